The van der Waals surface area contributed by atoms with Crippen molar-refractivity contribution in [3.8, 4) is 0 Å². The molecule has 4 fully saturated rings. The third kappa shape index (κ3) is 3.56. The molecular formula is C26H43N3O3. The molecule has 0 unspecified atom stereocenters. The Bertz CT molecular complexity index is 805. The summed E-state index contributed by atoms with van der Waals surface area (Å²) in [5.74, 6) is 2.00. The van der Waals surface area contributed by atoms with Crippen LogP contribution in [0, 0.1) is 34.5 Å². The van der Waals surface area contributed by atoms with E-state index in [0.717, 1.165) is 44.9 Å². The first kappa shape index (κ1) is 23.6. The van der Waals surface area contributed by atoms with E-state index in [1.54, 1.807) is 7.05 Å². The predicted molar refractivity (Wildman–Crippen MR) is 125 cm³/mol. The summed E-state index contributed by atoms with van der Waals surface area (Å²) in [5, 5.41) is 2.93. The number of fused-ring (bicyclic) bond motifs is 5. The zero-order valence-corrected chi connectivity index (χ0v) is 21.2. The van der Waals surface area contributed by atoms with E-state index in [1.165, 1.54) is 4.90 Å². The lowest BCUT2D eigenvalue weighted by Crippen LogP contribution is -2.61. The quantitative estimate of drug-likeness (QED) is 0.649. The lowest BCUT2D eigenvalue weighted by Gasteiger charge is -2.61. The molecule has 0 bridgehead atoms. The van der Waals surface area contributed by atoms with Crippen LogP contribution in [0.4, 0.5) is 4.79 Å². The summed E-state index contributed by atoms with van der Waals surface area (Å²) in [6, 6.07) is 0.0616. The van der Waals surface area contributed by atoms with Crippen LogP contribution in [0.25, 0.3) is 0 Å². The molecule has 6 heteroatoms. The van der Waals surface area contributed by atoms with Gasteiger partial charge in [0.15, 0.2) is 0 Å². The van der Waals surface area contributed by atoms with E-state index in [-0.39, 0.29) is 34.2 Å². The Kier molecular flexibility index (Phi) is 5.69. The zero-order chi connectivity index (χ0) is 23.6. The molecule has 32 heavy (non-hydrogen) atoms. The molecule has 0 radical (unpaired) electrons. The summed E-state index contributed by atoms with van der Waals surface area (Å²) in [5.41, 5.74) is -0.207. The highest BCUT2D eigenvalue weighted by Gasteiger charge is 2.62. The molecule has 1 N–H and O–H groups in total. The molecule has 4 aliphatic rings. The number of amides is 4. The summed E-state index contributed by atoms with van der Waals surface area (Å²) in [4.78, 5) is 41.9. The Balaban J connectivity index is 1.53. The Morgan fingerprint density at radius 1 is 1.00 bits per heavy atom. The summed E-state index contributed by atoms with van der Waals surface area (Å²) < 4.78 is 0. The summed E-state index contributed by atoms with van der Waals surface area (Å²) in [6.45, 7) is 10.6. The normalized spacial score (nSPS) is 41.4. The van der Waals surface area contributed by atoms with Crippen molar-refractivity contribution in [1.82, 2.24) is 15.1 Å². The maximum atomic E-state index is 13.5. The maximum absolute atomic E-state index is 13.5. The van der Waals surface area contributed by atoms with Crippen LogP contribution in [0.15, 0.2) is 0 Å². The standard InChI is InChI=1S/C26H43N3O3/c1-24(2,3)27-23(32)29(7)22(31)19-10-9-17-16-8-11-20-26(5,15-13-21(30)28(20)6)18(16)12-14-25(17,19)4/h16-20H,8-15H2,1-7H3,(H,27,32)/t16-,17-,18-,19+,20+,25-,26+/m0/s1. The summed E-state index contributed by atoms with van der Waals surface area (Å²) >= 11 is 0. The van der Waals surface area contributed by atoms with Crippen LogP contribution in [0.2, 0.25) is 0 Å². The van der Waals surface area contributed by atoms with E-state index in [1.807, 2.05) is 32.7 Å². The minimum atomic E-state index is -0.367. The molecule has 180 valence electrons. The van der Waals surface area contributed by atoms with Crippen molar-refractivity contribution < 1.29 is 14.4 Å². The number of piperidine rings is 1. The number of likely N-dealkylation sites (tertiary alicyclic amines) is 1. The molecule has 4 amide bonds. The van der Waals surface area contributed by atoms with Crippen molar-refractivity contribution in [1.29, 1.82) is 0 Å². The maximum Gasteiger partial charge on any atom is 0.324 e. The van der Waals surface area contributed by atoms with Gasteiger partial charge in [-0.25, -0.2) is 4.79 Å². The first-order chi connectivity index (χ1) is 14.8. The molecule has 4 rings (SSSR count). The third-order valence-electron chi connectivity index (χ3n) is 9.97. The molecule has 0 aromatic carbocycles. The Labute approximate surface area is 193 Å². The Morgan fingerprint density at radius 2 is 1.66 bits per heavy atom. The highest BCUT2D eigenvalue weighted by molar-refractivity contribution is 5.96. The topological polar surface area (TPSA) is 69.7 Å². The molecule has 1 saturated heterocycles. The number of hydrogen-bond acceptors (Lipinski definition) is 3. The Hall–Kier alpha value is -1.59. The van der Waals surface area contributed by atoms with Crippen LogP contribution in [0.1, 0.15) is 86.0 Å². The number of urea groups is 1. The second kappa shape index (κ2) is 7.73. The predicted octanol–water partition coefficient (Wildman–Crippen LogP) is 4.43. The fourth-order valence-electron chi connectivity index (χ4n) is 8.29. The van der Waals surface area contributed by atoms with Gasteiger partial charge in [0, 0.05) is 38.0 Å². The number of nitrogens with one attached hydrogen (secondary N) is 1. The van der Waals surface area contributed by atoms with E-state index < -0.39 is 0 Å². The average molecular weight is 446 g/mol. The van der Waals surface area contributed by atoms with Crippen molar-refractivity contribution >= 4 is 17.8 Å². The molecule has 7 atom stereocenters. The van der Waals surface area contributed by atoms with E-state index in [0.29, 0.717) is 36.1 Å². The van der Waals surface area contributed by atoms with Crippen molar-refractivity contribution in [3.05, 3.63) is 0 Å². The molecule has 6 nitrogen and oxygen atoms in total. The lowest BCUT2D eigenvalue weighted by atomic mass is 9.47. The Morgan fingerprint density at radius 3 is 2.31 bits per heavy atom. The zero-order valence-electron chi connectivity index (χ0n) is 21.2. The minimum absolute atomic E-state index is 0.0157. The van der Waals surface area contributed by atoms with Crippen LogP contribution in [0.5, 0.6) is 0 Å². The van der Waals surface area contributed by atoms with Crippen LogP contribution >= 0.6 is 0 Å². The van der Waals surface area contributed by atoms with Crippen LogP contribution in [0.3, 0.4) is 0 Å². The van der Waals surface area contributed by atoms with Gasteiger partial charge in [0.25, 0.3) is 0 Å². The smallest absolute Gasteiger partial charge is 0.324 e. The first-order valence-corrected chi connectivity index (χ1v) is 12.6. The van der Waals surface area contributed by atoms with Crippen LogP contribution < -0.4 is 5.32 Å². The van der Waals surface area contributed by atoms with Gasteiger partial charge in [-0.2, -0.15) is 0 Å². The number of carbonyl (C=O) groups is 3. The van der Waals surface area contributed by atoms with E-state index in [2.05, 4.69) is 19.2 Å². The molecule has 0 aromatic heterocycles. The van der Waals surface area contributed by atoms with Crippen LogP contribution in [-0.2, 0) is 9.59 Å². The summed E-state index contributed by atoms with van der Waals surface area (Å²) in [7, 11) is 3.63. The SMILES string of the molecule is CN(C(=O)NC(C)(C)C)C(=O)[C@H]1CC[C@H]2[C@@H]3CC[C@H]4N(C)C(=O)CC[C@]4(C)[C@H]3CC[C@]12C. The number of imide groups is 1. The second-order valence-electron chi connectivity index (χ2n) is 12.7. The molecule has 0 aromatic rings. The fourth-order valence-corrected chi connectivity index (χ4v) is 8.29. The van der Waals surface area contributed by atoms with Gasteiger partial charge in [-0.1, -0.05) is 13.8 Å². The van der Waals surface area contributed by atoms with Crippen molar-refractivity contribution in [2.45, 2.75) is 97.6 Å². The molecule has 3 saturated carbocycles. The third-order valence-corrected chi connectivity index (χ3v) is 9.97. The van der Waals surface area contributed by atoms with Crippen LogP contribution in [-0.4, -0.2) is 53.3 Å². The van der Waals surface area contributed by atoms with E-state index in [4.69, 9.17) is 0 Å². The van der Waals surface area contributed by atoms with Gasteiger partial charge in [-0.15, -0.1) is 0 Å². The largest absolute Gasteiger partial charge is 0.342 e. The molecule has 0 spiro atoms. The van der Waals surface area contributed by atoms with Gasteiger partial charge in [0.2, 0.25) is 11.8 Å². The van der Waals surface area contributed by atoms with Crippen molar-refractivity contribution in [2.24, 2.45) is 34.5 Å². The molecule has 1 heterocycles. The molecule has 1 aliphatic heterocycles. The number of nitrogens with zero attached hydrogens (tertiary/aromatic N) is 2. The number of hydrogen-bond donors (Lipinski definition) is 1. The molecule has 3 aliphatic carbocycles. The highest BCUT2D eigenvalue weighted by atomic mass is 16.2. The van der Waals surface area contributed by atoms with Gasteiger partial charge < -0.3 is 10.2 Å². The van der Waals surface area contributed by atoms with E-state index >= 15 is 0 Å². The van der Waals surface area contributed by atoms with Gasteiger partial charge >= 0.3 is 6.03 Å². The van der Waals surface area contributed by atoms with Crippen molar-refractivity contribution in [2.75, 3.05) is 14.1 Å². The van der Waals surface area contributed by atoms with Gasteiger partial charge in [0.1, 0.15) is 0 Å². The fraction of sp³-hybridized carbons (Fsp3) is 0.885. The van der Waals surface area contributed by atoms with Crippen molar-refractivity contribution in [3.63, 3.8) is 0 Å². The summed E-state index contributed by atoms with van der Waals surface area (Å²) in [6.07, 6.45) is 8.06. The van der Waals surface area contributed by atoms with Gasteiger partial charge in [0.05, 0.1) is 0 Å². The monoisotopic (exact) mass is 445 g/mol. The number of rotatable bonds is 1. The minimum Gasteiger partial charge on any atom is -0.342 e. The first-order valence-electron chi connectivity index (χ1n) is 12.6. The second-order valence-corrected chi connectivity index (χ2v) is 12.7. The number of carbonyl (C=O) groups excluding carboxylic acids is 3. The molecular weight excluding hydrogens is 402 g/mol. The van der Waals surface area contributed by atoms with E-state index in [9.17, 15) is 14.4 Å². The van der Waals surface area contributed by atoms with Gasteiger partial charge in [-0.3, -0.25) is 14.5 Å². The lowest BCUT2D eigenvalue weighted by molar-refractivity contribution is -0.160. The van der Waals surface area contributed by atoms with Gasteiger partial charge in [-0.05, 0) is 94.3 Å². The highest BCUT2D eigenvalue weighted by Crippen LogP contribution is 2.66. The average Bonchev–Trinajstić information content (AvgIpc) is 3.06.